The van der Waals surface area contributed by atoms with Gasteiger partial charge in [-0.05, 0) is 47.8 Å². The Bertz CT molecular complexity index is 2020. The Morgan fingerprint density at radius 2 is 0.781 bits per heavy atom. The molecule has 12 N–H and O–H groups in total. The van der Waals surface area contributed by atoms with Gasteiger partial charge in [-0.15, -0.1) is 0 Å². The number of hydrogen-bond donors (Lipinski definition) is 10. The minimum Gasteiger partial charge on any atom is -0.480 e. The lowest BCUT2D eigenvalue weighted by atomic mass is 9.99. The number of carboxylic acids is 1. The van der Waals surface area contributed by atoms with Crippen LogP contribution in [0.25, 0.3) is 0 Å². The van der Waals surface area contributed by atoms with Gasteiger partial charge in [0.2, 0.25) is 41.4 Å². The largest absolute Gasteiger partial charge is 0.480 e. The average Bonchev–Trinajstić information content (AvgIpc) is 3.24. The summed E-state index contributed by atoms with van der Waals surface area (Å²) in [5, 5.41) is 34.2. The first kappa shape index (κ1) is 51.7. The summed E-state index contributed by atoms with van der Waals surface area (Å²) in [4.78, 5) is 107. The third-order valence-corrected chi connectivity index (χ3v) is 9.98. The molecule has 3 aromatic rings. The summed E-state index contributed by atoms with van der Waals surface area (Å²) in [6.07, 6.45) is -0.455. The van der Waals surface area contributed by atoms with Crippen LogP contribution in [0.4, 0.5) is 0 Å². The Balaban J connectivity index is 1.90. The topological polar surface area (TPSA) is 301 Å². The predicted octanol–water partition coefficient (Wildman–Crippen LogP) is -0.00490. The Morgan fingerprint density at radius 1 is 0.469 bits per heavy atom. The van der Waals surface area contributed by atoms with Crippen molar-refractivity contribution < 1.29 is 48.6 Å². The van der Waals surface area contributed by atoms with E-state index >= 15 is 0 Å². The number of carbonyl (C=O) groups excluding carboxylic acids is 7. The molecule has 18 heteroatoms. The van der Waals surface area contributed by atoms with Crippen LogP contribution in [-0.2, 0) is 57.6 Å². The molecule has 0 radical (unpaired) electrons. The lowest BCUT2D eigenvalue weighted by Crippen LogP contribution is -2.61. The van der Waals surface area contributed by atoms with Crippen molar-refractivity contribution in [1.82, 2.24) is 31.9 Å². The molecule has 0 saturated carbocycles. The molecule has 0 heterocycles. The average molecular weight is 887 g/mol. The van der Waals surface area contributed by atoms with E-state index in [0.29, 0.717) is 11.1 Å². The van der Waals surface area contributed by atoms with Crippen molar-refractivity contribution in [2.24, 2.45) is 23.3 Å². The molecular weight excluding hydrogens is 825 g/mol. The molecule has 0 aliphatic rings. The smallest absolute Gasteiger partial charge is 0.328 e. The first-order chi connectivity index (χ1) is 30.4. The highest BCUT2D eigenvalue weighted by atomic mass is 16.4. The molecule has 0 fully saturated rings. The molecule has 3 aromatic carbocycles. The molecule has 64 heavy (non-hydrogen) atoms. The van der Waals surface area contributed by atoms with Crippen LogP contribution in [0.3, 0.4) is 0 Å². The van der Waals surface area contributed by atoms with Crippen molar-refractivity contribution >= 4 is 47.3 Å². The summed E-state index contributed by atoms with van der Waals surface area (Å²) in [5.74, 6) is -7.63. The number of nitrogens with one attached hydrogen (secondary N) is 6. The summed E-state index contributed by atoms with van der Waals surface area (Å²) in [5.41, 5.74) is 13.8. The normalized spacial score (nSPS) is 14.4. The number of aliphatic carboxylic acids is 1. The number of carbonyl (C=O) groups is 8. The second-order valence-corrected chi connectivity index (χ2v) is 16.5. The highest BCUT2D eigenvalue weighted by molar-refractivity contribution is 5.98. The molecule has 0 aliphatic carbocycles. The monoisotopic (exact) mass is 886 g/mol. The highest BCUT2D eigenvalue weighted by Gasteiger charge is 2.35. The van der Waals surface area contributed by atoms with Gasteiger partial charge in [0.05, 0.1) is 19.1 Å². The second-order valence-electron chi connectivity index (χ2n) is 16.5. The SMILES string of the molecule is CC(C)CC(NC(=O)C(N)Cc1ccccc1)C(=O)NC(Cc1ccccc1)C(=O)NC(CC(N)=O)C(=O)NC(Cc1ccccc1)C(=O)NC(CC(C)C)C(=O)NC(CO)C(=O)O. The van der Waals surface area contributed by atoms with Crippen LogP contribution in [0.2, 0.25) is 0 Å². The number of aliphatic hydroxyl groups excluding tert-OH is 1. The van der Waals surface area contributed by atoms with Gasteiger partial charge in [0, 0.05) is 12.8 Å². The zero-order chi connectivity index (χ0) is 47.3. The van der Waals surface area contributed by atoms with Gasteiger partial charge in [0.25, 0.3) is 0 Å². The van der Waals surface area contributed by atoms with Crippen LogP contribution in [0.1, 0.15) is 63.6 Å². The summed E-state index contributed by atoms with van der Waals surface area (Å²) >= 11 is 0. The molecule has 3 rings (SSSR count). The van der Waals surface area contributed by atoms with Crippen LogP contribution in [0.5, 0.6) is 0 Å². The molecule has 0 aromatic heterocycles. The molecule has 0 spiro atoms. The van der Waals surface area contributed by atoms with Crippen molar-refractivity contribution in [3.8, 4) is 0 Å². The third kappa shape index (κ3) is 18.0. The molecule has 0 aliphatic heterocycles. The fraction of sp³-hybridized carbons (Fsp3) is 0.435. The quantitative estimate of drug-likeness (QED) is 0.0512. The molecule has 18 nitrogen and oxygen atoms in total. The van der Waals surface area contributed by atoms with Crippen molar-refractivity contribution in [3.05, 3.63) is 108 Å². The number of amides is 7. The second kappa shape index (κ2) is 26.1. The first-order valence-corrected chi connectivity index (χ1v) is 21.2. The van der Waals surface area contributed by atoms with E-state index in [9.17, 15) is 48.6 Å². The zero-order valence-electron chi connectivity index (χ0n) is 36.6. The summed E-state index contributed by atoms with van der Waals surface area (Å²) < 4.78 is 0. The number of hydrogen-bond acceptors (Lipinski definition) is 10. The summed E-state index contributed by atoms with van der Waals surface area (Å²) in [6.45, 7) is 6.34. The van der Waals surface area contributed by atoms with Gasteiger partial charge in [-0.1, -0.05) is 119 Å². The fourth-order valence-electron chi connectivity index (χ4n) is 6.72. The van der Waals surface area contributed by atoms with E-state index in [1.165, 1.54) is 0 Å². The maximum atomic E-state index is 14.2. The van der Waals surface area contributed by atoms with Crippen molar-refractivity contribution in [2.45, 2.75) is 109 Å². The summed E-state index contributed by atoms with van der Waals surface area (Å²) in [7, 11) is 0. The van der Waals surface area contributed by atoms with Gasteiger partial charge in [0.15, 0.2) is 0 Å². The van der Waals surface area contributed by atoms with Crippen LogP contribution >= 0.6 is 0 Å². The lowest BCUT2D eigenvalue weighted by molar-refractivity contribution is -0.143. The van der Waals surface area contributed by atoms with Crippen LogP contribution in [0.15, 0.2) is 91.0 Å². The number of primary amides is 1. The number of aliphatic hydroxyl groups is 1. The highest BCUT2D eigenvalue weighted by Crippen LogP contribution is 2.12. The number of benzene rings is 3. The standard InChI is InChI=1S/C46H62N8O10/c1-27(2)20-33(49-40(57)32(47)22-29-14-8-5-9-15-29)41(58)51-36(24-31-18-12-7-13-19-31)44(61)53-37(25-39(48)56)45(62)52-35(23-30-16-10-6-11-17-30)43(60)50-34(21-28(3)4)42(59)54-38(26-55)46(63)64/h5-19,27-28,32-38,55H,20-26,47H2,1-4H3,(H2,48,56)(H,49,57)(H,50,60)(H,51,58)(H,52,62)(H,53,61)(H,54,59)(H,63,64). The van der Waals surface area contributed by atoms with Crippen molar-refractivity contribution in [1.29, 1.82) is 0 Å². The zero-order valence-corrected chi connectivity index (χ0v) is 36.6. The first-order valence-electron chi connectivity index (χ1n) is 21.2. The van der Waals surface area contributed by atoms with Crippen molar-refractivity contribution in [3.63, 3.8) is 0 Å². The fourth-order valence-corrected chi connectivity index (χ4v) is 6.72. The maximum Gasteiger partial charge on any atom is 0.328 e. The van der Waals surface area contributed by atoms with Crippen LogP contribution in [0, 0.1) is 11.8 Å². The van der Waals surface area contributed by atoms with E-state index < -0.39 is 103 Å². The number of rotatable bonds is 26. The third-order valence-electron chi connectivity index (χ3n) is 9.98. The van der Waals surface area contributed by atoms with E-state index in [4.69, 9.17) is 11.5 Å². The molecule has 7 amide bonds. The van der Waals surface area contributed by atoms with E-state index in [0.717, 1.165) is 5.56 Å². The van der Waals surface area contributed by atoms with Gasteiger partial charge in [0.1, 0.15) is 36.3 Å². The van der Waals surface area contributed by atoms with E-state index in [-0.39, 0.29) is 43.9 Å². The molecule has 0 saturated heterocycles. The number of carboxylic acid groups (broad SMARTS) is 1. The minimum absolute atomic E-state index is 0.0540. The van der Waals surface area contributed by atoms with E-state index in [1.807, 2.05) is 44.2 Å². The molecule has 0 bridgehead atoms. The van der Waals surface area contributed by atoms with Gasteiger partial charge in [-0.3, -0.25) is 33.6 Å². The Kier molecular flexibility index (Phi) is 21.1. The Hall–Kier alpha value is -6.66. The van der Waals surface area contributed by atoms with Crippen LogP contribution < -0.4 is 43.4 Å². The van der Waals surface area contributed by atoms with Crippen LogP contribution in [-0.4, -0.2) is 106 Å². The Morgan fingerprint density at radius 3 is 1.14 bits per heavy atom. The van der Waals surface area contributed by atoms with E-state index in [2.05, 4.69) is 31.9 Å². The van der Waals surface area contributed by atoms with Gasteiger partial charge in [-0.2, -0.15) is 0 Å². The van der Waals surface area contributed by atoms with Gasteiger partial charge >= 0.3 is 5.97 Å². The maximum absolute atomic E-state index is 14.2. The van der Waals surface area contributed by atoms with Crippen molar-refractivity contribution in [2.75, 3.05) is 6.61 Å². The van der Waals surface area contributed by atoms with Gasteiger partial charge in [-0.25, -0.2) is 4.79 Å². The summed E-state index contributed by atoms with van der Waals surface area (Å²) in [6, 6.07) is 16.9. The minimum atomic E-state index is -1.66. The molecule has 7 unspecified atom stereocenters. The Labute approximate surface area is 373 Å². The molecule has 7 atom stereocenters. The van der Waals surface area contributed by atoms with E-state index in [1.54, 1.807) is 74.5 Å². The predicted molar refractivity (Wildman–Crippen MR) is 237 cm³/mol. The number of nitrogens with two attached hydrogens (primary N) is 2. The van der Waals surface area contributed by atoms with Gasteiger partial charge < -0.3 is 53.6 Å². The molecule has 346 valence electrons. The molecular formula is C46H62N8O10. The lowest BCUT2D eigenvalue weighted by Gasteiger charge is -2.28.